The van der Waals surface area contributed by atoms with Gasteiger partial charge in [-0.05, 0) is 50.8 Å². The van der Waals surface area contributed by atoms with Crippen molar-refractivity contribution < 1.29 is 14.3 Å². The minimum Gasteiger partial charge on any atom is -0.494 e. The SMILES string of the molecule is CCOc1ccc(C(C)=O)cc1COCC1CCCC1. The van der Waals surface area contributed by atoms with E-state index in [1.807, 2.05) is 25.1 Å². The minimum atomic E-state index is 0.0742. The van der Waals surface area contributed by atoms with Crippen LogP contribution in [0.4, 0.5) is 0 Å². The van der Waals surface area contributed by atoms with Crippen LogP contribution in [0, 0.1) is 5.92 Å². The second kappa shape index (κ2) is 7.44. The normalized spacial score (nSPS) is 15.5. The van der Waals surface area contributed by atoms with Crippen molar-refractivity contribution in [3.63, 3.8) is 0 Å². The molecule has 0 N–H and O–H groups in total. The highest BCUT2D eigenvalue weighted by molar-refractivity contribution is 5.94. The van der Waals surface area contributed by atoms with Crippen molar-refractivity contribution in [2.24, 2.45) is 5.92 Å². The highest BCUT2D eigenvalue weighted by atomic mass is 16.5. The largest absolute Gasteiger partial charge is 0.494 e. The predicted molar refractivity (Wildman–Crippen MR) is 79.2 cm³/mol. The van der Waals surface area contributed by atoms with E-state index < -0.39 is 0 Å². The van der Waals surface area contributed by atoms with Crippen molar-refractivity contribution in [1.29, 1.82) is 0 Å². The van der Waals surface area contributed by atoms with E-state index in [1.165, 1.54) is 25.7 Å². The van der Waals surface area contributed by atoms with Gasteiger partial charge in [0, 0.05) is 17.7 Å². The molecule has 20 heavy (non-hydrogen) atoms. The summed E-state index contributed by atoms with van der Waals surface area (Å²) < 4.78 is 11.4. The Morgan fingerprint density at radius 1 is 1.30 bits per heavy atom. The van der Waals surface area contributed by atoms with Crippen LogP contribution < -0.4 is 4.74 Å². The number of ketones is 1. The minimum absolute atomic E-state index is 0.0742. The Hall–Kier alpha value is -1.35. The molecule has 0 bridgehead atoms. The first-order valence-electron chi connectivity index (χ1n) is 7.55. The van der Waals surface area contributed by atoms with Gasteiger partial charge in [-0.2, -0.15) is 0 Å². The summed E-state index contributed by atoms with van der Waals surface area (Å²) >= 11 is 0. The molecule has 0 radical (unpaired) electrons. The molecule has 0 saturated heterocycles. The number of Topliss-reactive ketones (excluding diaryl/α,β-unsaturated/α-hetero) is 1. The molecule has 110 valence electrons. The van der Waals surface area contributed by atoms with E-state index >= 15 is 0 Å². The van der Waals surface area contributed by atoms with Crippen molar-refractivity contribution >= 4 is 5.78 Å². The summed E-state index contributed by atoms with van der Waals surface area (Å²) in [5, 5.41) is 0. The maximum absolute atomic E-state index is 11.5. The molecule has 0 unspecified atom stereocenters. The zero-order valence-corrected chi connectivity index (χ0v) is 12.5. The number of benzene rings is 1. The highest BCUT2D eigenvalue weighted by Gasteiger charge is 2.15. The maximum atomic E-state index is 11.5. The molecular weight excluding hydrogens is 252 g/mol. The van der Waals surface area contributed by atoms with Gasteiger partial charge in [-0.25, -0.2) is 0 Å². The molecule has 1 aromatic rings. The molecular formula is C17H24O3. The third-order valence-corrected chi connectivity index (χ3v) is 3.85. The lowest BCUT2D eigenvalue weighted by Crippen LogP contribution is -2.07. The van der Waals surface area contributed by atoms with Crippen LogP contribution in [-0.2, 0) is 11.3 Å². The number of ether oxygens (including phenoxy) is 2. The van der Waals surface area contributed by atoms with Gasteiger partial charge in [-0.15, -0.1) is 0 Å². The molecule has 3 nitrogen and oxygen atoms in total. The molecule has 1 aliphatic rings. The third kappa shape index (κ3) is 4.07. The predicted octanol–water partition coefficient (Wildman–Crippen LogP) is 3.99. The van der Waals surface area contributed by atoms with E-state index in [1.54, 1.807) is 6.92 Å². The molecule has 0 atom stereocenters. The average Bonchev–Trinajstić information content (AvgIpc) is 2.93. The van der Waals surface area contributed by atoms with Gasteiger partial charge < -0.3 is 9.47 Å². The fourth-order valence-corrected chi connectivity index (χ4v) is 2.72. The molecule has 0 aromatic heterocycles. The quantitative estimate of drug-likeness (QED) is 0.706. The summed E-state index contributed by atoms with van der Waals surface area (Å²) in [4.78, 5) is 11.5. The fourth-order valence-electron chi connectivity index (χ4n) is 2.72. The van der Waals surface area contributed by atoms with Crippen LogP contribution in [0.5, 0.6) is 5.75 Å². The lowest BCUT2D eigenvalue weighted by atomic mass is 10.1. The van der Waals surface area contributed by atoms with Crippen molar-refractivity contribution in [3.05, 3.63) is 29.3 Å². The van der Waals surface area contributed by atoms with Crippen molar-refractivity contribution in [2.75, 3.05) is 13.2 Å². The first-order chi connectivity index (χ1) is 9.70. The topological polar surface area (TPSA) is 35.5 Å². The molecule has 1 aromatic carbocycles. The van der Waals surface area contributed by atoms with Gasteiger partial charge in [0.2, 0.25) is 0 Å². The third-order valence-electron chi connectivity index (χ3n) is 3.85. The second-order valence-corrected chi connectivity index (χ2v) is 5.48. The van der Waals surface area contributed by atoms with Gasteiger partial charge in [0.05, 0.1) is 13.2 Å². The number of hydrogen-bond acceptors (Lipinski definition) is 3. The van der Waals surface area contributed by atoms with Crippen LogP contribution >= 0.6 is 0 Å². The van der Waals surface area contributed by atoms with Crippen LogP contribution in [-0.4, -0.2) is 19.0 Å². The van der Waals surface area contributed by atoms with E-state index in [0.717, 1.165) is 17.9 Å². The Morgan fingerprint density at radius 2 is 2.05 bits per heavy atom. The summed E-state index contributed by atoms with van der Waals surface area (Å²) in [5.74, 6) is 1.61. The van der Waals surface area contributed by atoms with Crippen LogP contribution in [0.1, 0.15) is 55.5 Å². The maximum Gasteiger partial charge on any atom is 0.159 e. The number of carbonyl (C=O) groups excluding carboxylic acids is 1. The van der Waals surface area contributed by atoms with Crippen LogP contribution in [0.15, 0.2) is 18.2 Å². The van der Waals surface area contributed by atoms with Gasteiger partial charge in [-0.3, -0.25) is 4.79 Å². The lowest BCUT2D eigenvalue weighted by molar-refractivity contribution is 0.0869. The van der Waals surface area contributed by atoms with E-state index in [-0.39, 0.29) is 5.78 Å². The monoisotopic (exact) mass is 276 g/mol. The Labute approximate surface area is 121 Å². The van der Waals surface area contributed by atoms with Gasteiger partial charge in [0.15, 0.2) is 5.78 Å². The van der Waals surface area contributed by atoms with E-state index in [0.29, 0.717) is 24.7 Å². The average molecular weight is 276 g/mol. The molecule has 2 rings (SSSR count). The number of carbonyl (C=O) groups is 1. The van der Waals surface area contributed by atoms with E-state index in [2.05, 4.69) is 0 Å². The Morgan fingerprint density at radius 3 is 2.70 bits per heavy atom. The first-order valence-corrected chi connectivity index (χ1v) is 7.55. The molecule has 1 fully saturated rings. The van der Waals surface area contributed by atoms with Crippen molar-refractivity contribution in [2.45, 2.75) is 46.1 Å². The highest BCUT2D eigenvalue weighted by Crippen LogP contribution is 2.26. The Bertz CT molecular complexity index is 448. The zero-order valence-electron chi connectivity index (χ0n) is 12.5. The molecule has 0 spiro atoms. The molecule has 0 aliphatic heterocycles. The molecule has 0 heterocycles. The fraction of sp³-hybridized carbons (Fsp3) is 0.588. The first kappa shape index (κ1) is 15.0. The lowest BCUT2D eigenvalue weighted by Gasteiger charge is -2.14. The van der Waals surface area contributed by atoms with Crippen LogP contribution in [0.25, 0.3) is 0 Å². The van der Waals surface area contributed by atoms with Crippen molar-refractivity contribution in [1.82, 2.24) is 0 Å². The summed E-state index contributed by atoms with van der Waals surface area (Å²) in [6, 6.07) is 5.57. The summed E-state index contributed by atoms with van der Waals surface area (Å²) in [6.07, 6.45) is 5.23. The standard InChI is InChI=1S/C17H24O3/c1-3-20-17-9-8-15(13(2)18)10-16(17)12-19-11-14-6-4-5-7-14/h8-10,14H,3-7,11-12H2,1-2H3. The van der Waals surface area contributed by atoms with Gasteiger partial charge >= 0.3 is 0 Å². The second-order valence-electron chi connectivity index (χ2n) is 5.48. The molecule has 1 aliphatic carbocycles. The zero-order chi connectivity index (χ0) is 14.4. The summed E-state index contributed by atoms with van der Waals surface area (Å²) in [7, 11) is 0. The van der Waals surface area contributed by atoms with Gasteiger partial charge in [0.25, 0.3) is 0 Å². The van der Waals surface area contributed by atoms with Crippen LogP contribution in [0.2, 0.25) is 0 Å². The van der Waals surface area contributed by atoms with Gasteiger partial charge in [-0.1, -0.05) is 12.8 Å². The summed E-state index contributed by atoms with van der Waals surface area (Å²) in [6.45, 7) is 5.50. The summed E-state index contributed by atoms with van der Waals surface area (Å²) in [5.41, 5.74) is 1.69. The van der Waals surface area contributed by atoms with Gasteiger partial charge in [0.1, 0.15) is 5.75 Å². The Balaban J connectivity index is 1.98. The number of rotatable bonds is 7. The van der Waals surface area contributed by atoms with Crippen molar-refractivity contribution in [3.8, 4) is 5.75 Å². The molecule has 1 saturated carbocycles. The van der Waals surface area contributed by atoms with Crippen LogP contribution in [0.3, 0.4) is 0 Å². The van der Waals surface area contributed by atoms with E-state index in [4.69, 9.17) is 9.47 Å². The number of hydrogen-bond donors (Lipinski definition) is 0. The van der Waals surface area contributed by atoms with E-state index in [9.17, 15) is 4.79 Å². The molecule has 3 heteroatoms. The smallest absolute Gasteiger partial charge is 0.159 e. The molecule has 0 amide bonds. The Kier molecular flexibility index (Phi) is 5.60.